The van der Waals surface area contributed by atoms with Crippen LogP contribution in [0, 0.1) is 5.82 Å². The van der Waals surface area contributed by atoms with E-state index in [1.807, 2.05) is 18.2 Å². The van der Waals surface area contributed by atoms with Crippen LogP contribution in [0.5, 0.6) is 0 Å². The Labute approximate surface area is 143 Å². The molecule has 2 aromatic carbocycles. The predicted octanol–water partition coefficient (Wildman–Crippen LogP) is 3.86. The summed E-state index contributed by atoms with van der Waals surface area (Å²) < 4.78 is 36.8. The number of benzene rings is 2. The van der Waals surface area contributed by atoms with Gasteiger partial charge in [-0.2, -0.15) is 0 Å². The van der Waals surface area contributed by atoms with Gasteiger partial charge in [0.2, 0.25) is 10.0 Å². The van der Waals surface area contributed by atoms with Crippen molar-refractivity contribution in [1.29, 1.82) is 0 Å². The lowest BCUT2D eigenvalue weighted by Gasteiger charge is -2.10. The minimum Gasteiger partial charge on any atom is -0.256 e. The summed E-state index contributed by atoms with van der Waals surface area (Å²) >= 11 is 5.90. The van der Waals surface area contributed by atoms with Gasteiger partial charge in [0.25, 0.3) is 0 Å². The van der Waals surface area contributed by atoms with Gasteiger partial charge in [-0.1, -0.05) is 35.9 Å². The highest BCUT2D eigenvalue weighted by atomic mass is 35.5. The molecule has 122 valence electrons. The summed E-state index contributed by atoms with van der Waals surface area (Å²) in [4.78, 5) is 3.75. The van der Waals surface area contributed by atoms with Crippen LogP contribution in [-0.4, -0.2) is 13.4 Å². The van der Waals surface area contributed by atoms with Crippen molar-refractivity contribution in [1.82, 2.24) is 4.98 Å². The average Bonchev–Trinajstić information content (AvgIpc) is 2.54. The number of hydrogen-bond donors (Lipinski definition) is 1. The second-order valence-electron chi connectivity index (χ2n) is 5.10. The second-order valence-corrected chi connectivity index (χ2v) is 7.06. The SMILES string of the molecule is NS(=O)(=O)c1ccc(-c2ncccc2-c2ccc(Cl)cc2)cc1F. The minimum atomic E-state index is -4.11. The molecule has 0 unspecified atom stereocenters. The molecule has 3 rings (SSSR count). The summed E-state index contributed by atoms with van der Waals surface area (Å²) in [6.07, 6.45) is 1.58. The van der Waals surface area contributed by atoms with E-state index in [4.69, 9.17) is 16.7 Å². The fraction of sp³-hybridized carbons (Fsp3) is 0. The zero-order valence-corrected chi connectivity index (χ0v) is 13.9. The molecule has 0 spiro atoms. The third kappa shape index (κ3) is 3.31. The van der Waals surface area contributed by atoms with Crippen LogP contribution in [0.15, 0.2) is 65.7 Å². The Bertz CT molecular complexity index is 1010. The number of halogens is 2. The molecule has 24 heavy (non-hydrogen) atoms. The highest BCUT2D eigenvalue weighted by Gasteiger charge is 2.16. The first-order valence-electron chi connectivity index (χ1n) is 6.90. The number of primary sulfonamides is 1. The van der Waals surface area contributed by atoms with Gasteiger partial charge in [0.1, 0.15) is 10.7 Å². The van der Waals surface area contributed by atoms with Gasteiger partial charge in [-0.25, -0.2) is 17.9 Å². The van der Waals surface area contributed by atoms with Crippen LogP contribution >= 0.6 is 11.6 Å². The van der Waals surface area contributed by atoms with Crippen LogP contribution in [0.25, 0.3) is 22.4 Å². The summed E-state index contributed by atoms with van der Waals surface area (Å²) in [6, 6.07) is 14.5. The van der Waals surface area contributed by atoms with Crippen LogP contribution < -0.4 is 5.14 Å². The molecule has 0 radical (unpaired) electrons. The monoisotopic (exact) mass is 362 g/mol. The number of sulfonamides is 1. The van der Waals surface area contributed by atoms with Crippen molar-refractivity contribution in [2.24, 2.45) is 5.14 Å². The summed E-state index contributed by atoms with van der Waals surface area (Å²) in [7, 11) is -4.11. The zero-order valence-electron chi connectivity index (χ0n) is 12.3. The number of aromatic nitrogens is 1. The molecule has 0 saturated heterocycles. The number of nitrogens with two attached hydrogens (primary N) is 1. The first kappa shape index (κ1) is 16.6. The van der Waals surface area contributed by atoms with Crippen molar-refractivity contribution in [2.75, 3.05) is 0 Å². The van der Waals surface area contributed by atoms with Crippen LogP contribution in [0.4, 0.5) is 4.39 Å². The third-order valence-corrected chi connectivity index (χ3v) is 4.67. The maximum Gasteiger partial charge on any atom is 0.240 e. The molecule has 3 aromatic rings. The van der Waals surface area contributed by atoms with Gasteiger partial charge >= 0.3 is 0 Å². The van der Waals surface area contributed by atoms with Crippen LogP contribution in [-0.2, 0) is 10.0 Å². The molecule has 7 heteroatoms. The maximum atomic E-state index is 14.1. The predicted molar refractivity (Wildman–Crippen MR) is 91.5 cm³/mol. The Morgan fingerprint density at radius 2 is 1.67 bits per heavy atom. The molecule has 0 aliphatic heterocycles. The molecule has 0 saturated carbocycles. The van der Waals surface area contributed by atoms with E-state index in [0.717, 1.165) is 23.3 Å². The van der Waals surface area contributed by atoms with E-state index in [1.165, 1.54) is 6.07 Å². The smallest absolute Gasteiger partial charge is 0.240 e. The van der Waals surface area contributed by atoms with Crippen molar-refractivity contribution < 1.29 is 12.8 Å². The van der Waals surface area contributed by atoms with E-state index >= 15 is 0 Å². The van der Waals surface area contributed by atoms with Crippen molar-refractivity contribution in [3.8, 4) is 22.4 Å². The van der Waals surface area contributed by atoms with E-state index in [9.17, 15) is 12.8 Å². The highest BCUT2D eigenvalue weighted by molar-refractivity contribution is 7.89. The molecule has 0 amide bonds. The lowest BCUT2D eigenvalue weighted by molar-refractivity contribution is 0.568. The molecule has 0 bridgehead atoms. The van der Waals surface area contributed by atoms with Gasteiger partial charge in [-0.15, -0.1) is 0 Å². The van der Waals surface area contributed by atoms with Crippen LogP contribution in [0.1, 0.15) is 0 Å². The Hall–Kier alpha value is -2.28. The second kappa shape index (κ2) is 6.32. The number of rotatable bonds is 3. The zero-order chi connectivity index (χ0) is 17.3. The molecular weight excluding hydrogens is 351 g/mol. The van der Waals surface area contributed by atoms with E-state index in [1.54, 1.807) is 24.4 Å². The minimum absolute atomic E-state index is 0.449. The molecular formula is C17H12ClFN2O2S. The molecule has 2 N–H and O–H groups in total. The lowest BCUT2D eigenvalue weighted by Crippen LogP contribution is -2.14. The Balaban J connectivity index is 2.14. The largest absolute Gasteiger partial charge is 0.256 e. The molecule has 4 nitrogen and oxygen atoms in total. The number of hydrogen-bond acceptors (Lipinski definition) is 3. The molecule has 0 aliphatic rings. The molecule has 1 aromatic heterocycles. The van der Waals surface area contributed by atoms with Crippen molar-refractivity contribution >= 4 is 21.6 Å². The highest BCUT2D eigenvalue weighted by Crippen LogP contribution is 2.32. The maximum absolute atomic E-state index is 14.1. The normalized spacial score (nSPS) is 11.5. The lowest BCUT2D eigenvalue weighted by atomic mass is 9.99. The van der Waals surface area contributed by atoms with Gasteiger partial charge < -0.3 is 0 Å². The summed E-state index contributed by atoms with van der Waals surface area (Å²) in [5.41, 5.74) is 2.61. The summed E-state index contributed by atoms with van der Waals surface area (Å²) in [6.45, 7) is 0. The van der Waals surface area contributed by atoms with Gasteiger partial charge in [-0.3, -0.25) is 4.98 Å². The quantitative estimate of drug-likeness (QED) is 0.769. The van der Waals surface area contributed by atoms with Crippen molar-refractivity contribution in [2.45, 2.75) is 4.90 Å². The fourth-order valence-electron chi connectivity index (χ4n) is 2.38. The molecule has 0 fully saturated rings. The first-order valence-corrected chi connectivity index (χ1v) is 8.82. The van der Waals surface area contributed by atoms with Crippen LogP contribution in [0.3, 0.4) is 0 Å². The Morgan fingerprint density at radius 1 is 1.00 bits per heavy atom. The van der Waals surface area contributed by atoms with E-state index in [0.29, 0.717) is 16.3 Å². The van der Waals surface area contributed by atoms with Crippen LogP contribution in [0.2, 0.25) is 5.02 Å². The van der Waals surface area contributed by atoms with Gasteiger partial charge in [0, 0.05) is 22.3 Å². The first-order chi connectivity index (χ1) is 11.4. The van der Waals surface area contributed by atoms with Crippen molar-refractivity contribution in [3.63, 3.8) is 0 Å². The topological polar surface area (TPSA) is 73.1 Å². The number of pyridine rings is 1. The third-order valence-electron chi connectivity index (χ3n) is 3.47. The fourth-order valence-corrected chi connectivity index (χ4v) is 3.09. The molecule has 1 heterocycles. The number of nitrogens with zero attached hydrogens (tertiary/aromatic N) is 1. The van der Waals surface area contributed by atoms with E-state index in [2.05, 4.69) is 4.98 Å². The molecule has 0 aliphatic carbocycles. The summed E-state index contributed by atoms with van der Waals surface area (Å²) in [5.74, 6) is -0.914. The van der Waals surface area contributed by atoms with E-state index in [-0.39, 0.29) is 0 Å². The van der Waals surface area contributed by atoms with Crippen molar-refractivity contribution in [3.05, 3.63) is 71.6 Å². The standard InChI is InChI=1S/C17H12ClFN2O2S/c18-13-6-3-11(4-7-13)14-2-1-9-21-17(14)12-5-8-16(15(19)10-12)24(20,22)23/h1-10H,(H2,20,22,23). The molecule has 0 atom stereocenters. The Morgan fingerprint density at radius 3 is 2.29 bits per heavy atom. The van der Waals surface area contributed by atoms with Gasteiger partial charge in [0.05, 0.1) is 5.69 Å². The van der Waals surface area contributed by atoms with Gasteiger partial charge in [-0.05, 0) is 35.9 Å². The summed E-state index contributed by atoms with van der Waals surface area (Å²) in [5, 5.41) is 5.59. The Kier molecular flexibility index (Phi) is 4.36. The van der Waals surface area contributed by atoms with E-state index < -0.39 is 20.7 Å². The van der Waals surface area contributed by atoms with Gasteiger partial charge in [0.15, 0.2) is 0 Å². The average molecular weight is 363 g/mol.